The molecule has 0 spiro atoms. The van der Waals surface area contributed by atoms with Crippen molar-refractivity contribution in [2.45, 2.75) is 39.7 Å². The Labute approximate surface area is 191 Å². The molecule has 1 aliphatic rings. The molecule has 1 fully saturated rings. The molecule has 3 rings (SSSR count). The summed E-state index contributed by atoms with van der Waals surface area (Å²) in [6.45, 7) is 5.04. The average molecular weight is 451 g/mol. The van der Waals surface area contributed by atoms with Gasteiger partial charge in [-0.2, -0.15) is 0 Å². The maximum Gasteiger partial charge on any atom is 0.338 e. The summed E-state index contributed by atoms with van der Waals surface area (Å²) in [6.07, 6.45) is -0.780. The largest absolute Gasteiger partial charge is 0.451 e. The summed E-state index contributed by atoms with van der Waals surface area (Å²) in [5.74, 6) is -1.89. The van der Waals surface area contributed by atoms with Gasteiger partial charge in [0.15, 0.2) is 6.10 Å². The SMILES string of the molecule is CC(C)C(=O)Nc1ccc(C(=O)C(C)OC(=O)c2ccc(N3NC(=O)CCC3=O)cc2)cc1. The predicted molar refractivity (Wildman–Crippen MR) is 120 cm³/mol. The first-order chi connectivity index (χ1) is 15.7. The minimum absolute atomic E-state index is 0.111. The predicted octanol–water partition coefficient (Wildman–Crippen LogP) is 2.87. The Balaban J connectivity index is 1.60. The second-order valence-electron chi connectivity index (χ2n) is 7.94. The minimum atomic E-state index is -1.03. The number of nitrogens with one attached hydrogen (secondary N) is 2. The summed E-state index contributed by atoms with van der Waals surface area (Å²) in [6, 6.07) is 12.3. The first kappa shape index (κ1) is 23.6. The number of amides is 3. The number of hydrazine groups is 1. The third-order valence-corrected chi connectivity index (χ3v) is 5.03. The van der Waals surface area contributed by atoms with Crippen molar-refractivity contribution in [2.75, 3.05) is 10.3 Å². The number of nitrogens with zero attached hydrogens (tertiary/aromatic N) is 1. The molecule has 2 aromatic carbocycles. The number of hydrogen-bond donors (Lipinski definition) is 2. The van der Waals surface area contributed by atoms with E-state index in [0.717, 1.165) is 5.01 Å². The number of carbonyl (C=O) groups excluding carboxylic acids is 5. The molecule has 1 aliphatic heterocycles. The van der Waals surface area contributed by atoms with Gasteiger partial charge in [0, 0.05) is 30.0 Å². The summed E-state index contributed by atoms with van der Waals surface area (Å²) in [7, 11) is 0. The number of ether oxygens (including phenoxy) is 1. The molecule has 1 heterocycles. The molecule has 0 aromatic heterocycles. The highest BCUT2D eigenvalue weighted by Gasteiger charge is 2.25. The number of esters is 1. The Hall–Kier alpha value is -4.01. The quantitative estimate of drug-likeness (QED) is 0.493. The first-order valence-corrected chi connectivity index (χ1v) is 10.5. The third-order valence-electron chi connectivity index (χ3n) is 5.03. The molecule has 1 unspecified atom stereocenters. The minimum Gasteiger partial charge on any atom is -0.451 e. The van der Waals surface area contributed by atoms with Crippen molar-refractivity contribution >= 4 is 40.8 Å². The van der Waals surface area contributed by atoms with Crippen LogP contribution in [0.5, 0.6) is 0 Å². The molecule has 2 aromatic rings. The van der Waals surface area contributed by atoms with Crippen LogP contribution in [0.3, 0.4) is 0 Å². The standard InChI is InChI=1S/C24H25N3O6/c1-14(2)23(31)25-18-8-4-16(5-9-18)22(30)15(3)33-24(32)17-6-10-19(11-7-17)27-21(29)13-12-20(28)26-27/h4-11,14-15H,12-13H2,1-3H3,(H,25,31)(H,26,28). The highest BCUT2D eigenvalue weighted by atomic mass is 16.5. The molecule has 33 heavy (non-hydrogen) atoms. The van der Waals surface area contributed by atoms with E-state index in [9.17, 15) is 24.0 Å². The van der Waals surface area contributed by atoms with Gasteiger partial charge in [0.05, 0.1) is 11.3 Å². The second kappa shape index (κ2) is 10.1. The molecule has 0 radical (unpaired) electrons. The lowest BCUT2D eigenvalue weighted by Crippen LogP contribution is -2.50. The zero-order valence-electron chi connectivity index (χ0n) is 18.6. The molecule has 0 aliphatic carbocycles. The number of Topliss-reactive ketones (excluding diaryl/α,β-unsaturated/α-hetero) is 1. The molecule has 0 bridgehead atoms. The van der Waals surface area contributed by atoms with Gasteiger partial charge in [0.2, 0.25) is 23.5 Å². The Morgan fingerprint density at radius 2 is 1.52 bits per heavy atom. The molecule has 172 valence electrons. The zero-order valence-corrected chi connectivity index (χ0v) is 18.6. The van der Waals surface area contributed by atoms with Crippen molar-refractivity contribution in [3.8, 4) is 0 Å². The van der Waals surface area contributed by atoms with E-state index in [0.29, 0.717) is 16.9 Å². The van der Waals surface area contributed by atoms with Crippen LogP contribution in [-0.2, 0) is 19.1 Å². The van der Waals surface area contributed by atoms with Crippen LogP contribution in [0.4, 0.5) is 11.4 Å². The van der Waals surface area contributed by atoms with Gasteiger partial charge in [-0.15, -0.1) is 0 Å². The number of hydrogen-bond acceptors (Lipinski definition) is 6. The second-order valence-corrected chi connectivity index (χ2v) is 7.94. The molecule has 9 nitrogen and oxygen atoms in total. The molecule has 3 amide bonds. The van der Waals surface area contributed by atoms with E-state index in [4.69, 9.17) is 4.74 Å². The van der Waals surface area contributed by atoms with Crippen LogP contribution in [0.15, 0.2) is 48.5 Å². The van der Waals surface area contributed by atoms with E-state index in [2.05, 4.69) is 10.7 Å². The topological polar surface area (TPSA) is 122 Å². The van der Waals surface area contributed by atoms with Gasteiger partial charge < -0.3 is 10.1 Å². The van der Waals surface area contributed by atoms with Gasteiger partial charge in [-0.25, -0.2) is 9.80 Å². The molecule has 9 heteroatoms. The fourth-order valence-electron chi connectivity index (χ4n) is 3.05. The smallest absolute Gasteiger partial charge is 0.338 e. The first-order valence-electron chi connectivity index (χ1n) is 10.5. The average Bonchev–Trinajstić information content (AvgIpc) is 2.80. The summed E-state index contributed by atoms with van der Waals surface area (Å²) in [5.41, 5.74) is 4.00. The van der Waals surface area contributed by atoms with Crippen LogP contribution in [0.25, 0.3) is 0 Å². The summed E-state index contributed by atoms with van der Waals surface area (Å²) in [4.78, 5) is 60.4. The lowest BCUT2D eigenvalue weighted by molar-refractivity contribution is -0.130. The van der Waals surface area contributed by atoms with Crippen molar-refractivity contribution < 1.29 is 28.7 Å². The highest BCUT2D eigenvalue weighted by Crippen LogP contribution is 2.19. The molecular formula is C24H25N3O6. The Kier molecular flexibility index (Phi) is 7.22. The van der Waals surface area contributed by atoms with Crippen molar-refractivity contribution in [1.82, 2.24) is 5.43 Å². The van der Waals surface area contributed by atoms with Crippen LogP contribution in [0.1, 0.15) is 54.3 Å². The normalized spacial score (nSPS) is 14.5. The fourth-order valence-corrected chi connectivity index (χ4v) is 3.05. The summed E-state index contributed by atoms with van der Waals surface area (Å²) >= 11 is 0. The van der Waals surface area contributed by atoms with Crippen molar-refractivity contribution in [2.24, 2.45) is 5.92 Å². The zero-order chi connectivity index (χ0) is 24.1. The molecule has 2 N–H and O–H groups in total. The lowest BCUT2D eigenvalue weighted by Gasteiger charge is -2.27. The van der Waals surface area contributed by atoms with Gasteiger partial charge in [-0.1, -0.05) is 13.8 Å². The maximum absolute atomic E-state index is 12.6. The Morgan fingerprint density at radius 1 is 0.909 bits per heavy atom. The van der Waals surface area contributed by atoms with Gasteiger partial charge in [-0.3, -0.25) is 24.6 Å². The number of rotatable bonds is 7. The van der Waals surface area contributed by atoms with E-state index in [1.807, 2.05) is 0 Å². The molecular weight excluding hydrogens is 426 g/mol. The molecule has 1 atom stereocenters. The Bertz CT molecular complexity index is 1080. The Morgan fingerprint density at radius 3 is 2.12 bits per heavy atom. The number of carbonyl (C=O) groups is 5. The summed E-state index contributed by atoms with van der Waals surface area (Å²) in [5, 5.41) is 3.88. The third kappa shape index (κ3) is 5.82. The lowest BCUT2D eigenvalue weighted by atomic mass is 10.1. The molecule has 0 saturated carbocycles. The number of ketones is 1. The van der Waals surface area contributed by atoms with E-state index in [-0.39, 0.29) is 47.8 Å². The van der Waals surface area contributed by atoms with Gasteiger partial charge in [-0.05, 0) is 55.5 Å². The fraction of sp³-hybridized carbons (Fsp3) is 0.292. The van der Waals surface area contributed by atoms with Crippen LogP contribution >= 0.6 is 0 Å². The highest BCUT2D eigenvalue weighted by molar-refractivity contribution is 6.03. The van der Waals surface area contributed by atoms with Gasteiger partial charge in [0.1, 0.15) is 0 Å². The number of anilines is 2. The number of benzene rings is 2. The van der Waals surface area contributed by atoms with Crippen molar-refractivity contribution in [3.63, 3.8) is 0 Å². The van der Waals surface area contributed by atoms with Crippen molar-refractivity contribution in [1.29, 1.82) is 0 Å². The van der Waals surface area contributed by atoms with E-state index in [1.165, 1.54) is 31.2 Å². The van der Waals surface area contributed by atoms with Crippen LogP contribution < -0.4 is 15.8 Å². The van der Waals surface area contributed by atoms with Gasteiger partial charge >= 0.3 is 5.97 Å². The van der Waals surface area contributed by atoms with E-state index >= 15 is 0 Å². The van der Waals surface area contributed by atoms with Crippen LogP contribution in [0.2, 0.25) is 0 Å². The van der Waals surface area contributed by atoms with Crippen LogP contribution in [0, 0.1) is 5.92 Å². The van der Waals surface area contributed by atoms with E-state index < -0.39 is 12.1 Å². The summed E-state index contributed by atoms with van der Waals surface area (Å²) < 4.78 is 5.29. The monoisotopic (exact) mass is 451 g/mol. The van der Waals surface area contributed by atoms with Gasteiger partial charge in [0.25, 0.3) is 0 Å². The maximum atomic E-state index is 12.6. The van der Waals surface area contributed by atoms with Crippen molar-refractivity contribution in [3.05, 3.63) is 59.7 Å². The molecule has 1 saturated heterocycles. The van der Waals surface area contributed by atoms with E-state index in [1.54, 1.807) is 38.1 Å². The van der Waals surface area contributed by atoms with Crippen LogP contribution in [-0.4, -0.2) is 35.6 Å².